The average molecular weight is 252 g/mol. The van der Waals surface area contributed by atoms with Crippen molar-refractivity contribution in [3.63, 3.8) is 0 Å². The number of nitrogens with zero attached hydrogens (tertiary/aromatic N) is 1. The number of anilines is 1. The average Bonchev–Trinajstić information content (AvgIpc) is 2.22. The first-order chi connectivity index (χ1) is 8.30. The number of hydrogen-bond acceptors (Lipinski definition) is 3. The van der Waals surface area contributed by atoms with Gasteiger partial charge in [-0.25, -0.2) is 4.79 Å². The molecule has 0 aliphatic heterocycles. The van der Waals surface area contributed by atoms with Crippen molar-refractivity contribution in [3.8, 4) is 5.75 Å². The van der Waals surface area contributed by atoms with Crippen LogP contribution in [0.4, 0.5) is 10.5 Å². The van der Waals surface area contributed by atoms with Crippen molar-refractivity contribution < 1.29 is 14.6 Å². The Bertz CT molecular complexity index is 413. The smallest absolute Gasteiger partial charge is 0.407 e. The van der Waals surface area contributed by atoms with Crippen LogP contribution < -0.4 is 10.5 Å². The zero-order chi connectivity index (χ0) is 13.8. The number of amides is 1. The van der Waals surface area contributed by atoms with Gasteiger partial charge in [0, 0.05) is 17.3 Å². The predicted molar refractivity (Wildman–Crippen MR) is 70.8 cm³/mol. The highest BCUT2D eigenvalue weighted by molar-refractivity contribution is 5.65. The van der Waals surface area contributed by atoms with E-state index in [9.17, 15) is 4.79 Å². The number of carbonyl (C=O) groups is 1. The van der Waals surface area contributed by atoms with Crippen LogP contribution in [-0.2, 0) is 0 Å². The number of hydrogen-bond donors (Lipinski definition) is 2. The maximum atomic E-state index is 11.1. The molecule has 0 saturated carbocycles. The minimum atomic E-state index is -0.946. The molecule has 0 saturated heterocycles. The highest BCUT2D eigenvalue weighted by Crippen LogP contribution is 2.16. The Hall–Kier alpha value is -1.91. The quantitative estimate of drug-likeness (QED) is 0.807. The summed E-state index contributed by atoms with van der Waals surface area (Å²) >= 11 is 0. The van der Waals surface area contributed by atoms with Crippen LogP contribution in [0.1, 0.15) is 20.8 Å². The van der Waals surface area contributed by atoms with E-state index in [-0.39, 0.29) is 0 Å². The predicted octanol–water partition coefficient (Wildman–Crippen LogP) is 2.43. The zero-order valence-electron chi connectivity index (χ0n) is 11.0. The number of ether oxygens (including phenoxy) is 1. The minimum absolute atomic E-state index is 0.299. The van der Waals surface area contributed by atoms with E-state index in [1.807, 2.05) is 20.8 Å². The molecule has 0 aliphatic rings. The van der Waals surface area contributed by atoms with Crippen molar-refractivity contribution in [3.05, 3.63) is 24.3 Å². The lowest BCUT2D eigenvalue weighted by Crippen LogP contribution is -2.46. The van der Waals surface area contributed by atoms with Gasteiger partial charge in [0.2, 0.25) is 0 Å². The summed E-state index contributed by atoms with van der Waals surface area (Å²) in [4.78, 5) is 12.4. The summed E-state index contributed by atoms with van der Waals surface area (Å²) < 4.78 is 5.48. The fraction of sp³-hybridized carbons (Fsp3) is 0.462. The summed E-state index contributed by atoms with van der Waals surface area (Å²) in [6.07, 6.45) is -0.946. The van der Waals surface area contributed by atoms with E-state index in [1.165, 1.54) is 4.90 Å². The van der Waals surface area contributed by atoms with E-state index in [4.69, 9.17) is 15.6 Å². The van der Waals surface area contributed by atoms with E-state index in [1.54, 1.807) is 24.3 Å². The molecule has 1 amide bonds. The Kier molecular flexibility index (Phi) is 4.42. The molecule has 5 heteroatoms. The molecule has 18 heavy (non-hydrogen) atoms. The summed E-state index contributed by atoms with van der Waals surface area (Å²) in [5.41, 5.74) is 5.81. The van der Waals surface area contributed by atoms with Crippen molar-refractivity contribution in [1.82, 2.24) is 4.90 Å². The Balaban J connectivity index is 2.52. The number of benzene rings is 1. The molecule has 1 aromatic carbocycles. The van der Waals surface area contributed by atoms with Crippen molar-refractivity contribution >= 4 is 11.8 Å². The third-order valence-electron chi connectivity index (χ3n) is 2.48. The second-order valence-corrected chi connectivity index (χ2v) is 5.03. The molecule has 1 rings (SSSR count). The normalized spacial score (nSPS) is 11.1. The fourth-order valence-electron chi connectivity index (χ4n) is 1.58. The lowest BCUT2D eigenvalue weighted by molar-refractivity contribution is 0.0892. The van der Waals surface area contributed by atoms with Crippen LogP contribution in [0.3, 0.4) is 0 Å². The molecule has 0 radical (unpaired) electrons. The molecule has 1 aromatic rings. The maximum Gasteiger partial charge on any atom is 0.407 e. The third-order valence-corrected chi connectivity index (χ3v) is 2.48. The summed E-state index contributed by atoms with van der Waals surface area (Å²) in [7, 11) is 0. The molecule has 0 spiro atoms. The Morgan fingerprint density at radius 2 is 2.11 bits per heavy atom. The number of rotatable bonds is 4. The second-order valence-electron chi connectivity index (χ2n) is 5.03. The Morgan fingerprint density at radius 3 is 2.61 bits per heavy atom. The van der Waals surface area contributed by atoms with Crippen LogP contribution in [0.15, 0.2) is 24.3 Å². The zero-order valence-corrected chi connectivity index (χ0v) is 11.0. The van der Waals surface area contributed by atoms with Crippen LogP contribution in [0.25, 0.3) is 0 Å². The van der Waals surface area contributed by atoms with Gasteiger partial charge >= 0.3 is 6.09 Å². The van der Waals surface area contributed by atoms with Crippen LogP contribution in [0.5, 0.6) is 5.75 Å². The van der Waals surface area contributed by atoms with Gasteiger partial charge in [-0.15, -0.1) is 0 Å². The van der Waals surface area contributed by atoms with E-state index < -0.39 is 11.6 Å². The summed E-state index contributed by atoms with van der Waals surface area (Å²) in [6.45, 7) is 6.16. The first-order valence-electron chi connectivity index (χ1n) is 5.79. The Morgan fingerprint density at radius 1 is 1.44 bits per heavy atom. The van der Waals surface area contributed by atoms with Crippen molar-refractivity contribution in [2.24, 2.45) is 0 Å². The summed E-state index contributed by atoms with van der Waals surface area (Å²) in [5, 5.41) is 9.10. The summed E-state index contributed by atoms with van der Waals surface area (Å²) in [6, 6.07) is 7.07. The van der Waals surface area contributed by atoms with Crippen LogP contribution in [0, 0.1) is 0 Å². The van der Waals surface area contributed by atoms with Gasteiger partial charge in [0.05, 0.1) is 6.54 Å². The number of nitrogen functional groups attached to an aromatic ring is 1. The maximum absolute atomic E-state index is 11.1. The van der Waals surface area contributed by atoms with Gasteiger partial charge in [0.1, 0.15) is 12.4 Å². The molecule has 5 nitrogen and oxygen atoms in total. The monoisotopic (exact) mass is 252 g/mol. The molecule has 0 fully saturated rings. The van der Waals surface area contributed by atoms with E-state index in [0.717, 1.165) is 0 Å². The van der Waals surface area contributed by atoms with Crippen molar-refractivity contribution in [2.75, 3.05) is 18.9 Å². The lowest BCUT2D eigenvalue weighted by atomic mass is 10.1. The highest BCUT2D eigenvalue weighted by atomic mass is 16.5. The van der Waals surface area contributed by atoms with E-state index in [2.05, 4.69) is 0 Å². The lowest BCUT2D eigenvalue weighted by Gasteiger charge is -2.32. The van der Waals surface area contributed by atoms with Gasteiger partial charge in [-0.1, -0.05) is 6.07 Å². The molecule has 0 unspecified atom stereocenters. The molecular weight excluding hydrogens is 232 g/mol. The van der Waals surface area contributed by atoms with Crippen LogP contribution in [0.2, 0.25) is 0 Å². The molecule has 0 aromatic heterocycles. The van der Waals surface area contributed by atoms with Gasteiger partial charge in [0.15, 0.2) is 0 Å². The van der Waals surface area contributed by atoms with Gasteiger partial charge in [-0.3, -0.25) is 0 Å². The van der Waals surface area contributed by atoms with Gasteiger partial charge in [0.25, 0.3) is 0 Å². The SMILES string of the molecule is CC(C)(C)N(CCOc1cccc(N)c1)C(=O)O. The van der Waals surface area contributed by atoms with Gasteiger partial charge in [-0.05, 0) is 32.9 Å². The highest BCUT2D eigenvalue weighted by Gasteiger charge is 2.25. The van der Waals surface area contributed by atoms with Crippen molar-refractivity contribution in [1.29, 1.82) is 0 Å². The molecule has 100 valence electrons. The second kappa shape index (κ2) is 5.62. The third kappa shape index (κ3) is 4.16. The van der Waals surface area contributed by atoms with Crippen LogP contribution in [-0.4, -0.2) is 34.8 Å². The summed E-state index contributed by atoms with van der Waals surface area (Å²) in [5.74, 6) is 0.647. The molecule has 0 bridgehead atoms. The molecule has 0 aliphatic carbocycles. The topological polar surface area (TPSA) is 75.8 Å². The molecule has 0 heterocycles. The standard InChI is InChI=1S/C13H20N2O3/c1-13(2,3)15(12(16)17)7-8-18-11-6-4-5-10(14)9-11/h4-6,9H,7-8,14H2,1-3H3,(H,16,17). The Labute approximate surface area is 107 Å². The molecule has 3 N–H and O–H groups in total. The van der Waals surface area contributed by atoms with Crippen molar-refractivity contribution in [2.45, 2.75) is 26.3 Å². The van der Waals surface area contributed by atoms with Gasteiger partial charge in [-0.2, -0.15) is 0 Å². The van der Waals surface area contributed by atoms with E-state index in [0.29, 0.717) is 24.6 Å². The molecular formula is C13H20N2O3. The van der Waals surface area contributed by atoms with E-state index >= 15 is 0 Å². The fourth-order valence-corrected chi connectivity index (χ4v) is 1.58. The number of nitrogens with two attached hydrogens (primary N) is 1. The first-order valence-corrected chi connectivity index (χ1v) is 5.79. The number of carboxylic acid groups (broad SMARTS) is 1. The largest absolute Gasteiger partial charge is 0.492 e. The van der Waals surface area contributed by atoms with Gasteiger partial charge < -0.3 is 20.5 Å². The molecule has 0 atom stereocenters. The van der Waals surface area contributed by atoms with Crippen LogP contribution >= 0.6 is 0 Å². The first kappa shape index (κ1) is 14.2. The minimum Gasteiger partial charge on any atom is -0.492 e.